The molecule has 0 heterocycles. The van der Waals surface area contributed by atoms with Gasteiger partial charge in [0.2, 0.25) is 12.1 Å². The first-order valence-electron chi connectivity index (χ1n) is 19.2. The van der Waals surface area contributed by atoms with Crippen LogP contribution in [0, 0.1) is 13.8 Å². The van der Waals surface area contributed by atoms with E-state index in [0.717, 1.165) is 50.2 Å². The molecule has 68 heavy (non-hydrogen) atoms. The Hall–Kier alpha value is -6.74. The number of Topliss-reactive ketones (excluding diaryl/α,β-unsaturated/α-hetero) is 2. The molecule has 0 spiro atoms. The van der Waals surface area contributed by atoms with Crippen molar-refractivity contribution in [3.63, 3.8) is 0 Å². The second-order valence-corrected chi connectivity index (χ2v) is 16.2. The maximum Gasteiger partial charge on any atom is 0.418 e. The summed E-state index contributed by atoms with van der Waals surface area (Å²) in [5.74, 6) is -5.51. The SMILES string of the molecule is CC(=O)C(N=Nc1ccc(Cl)c(C(=O)Nc2cc(Cl)ccc2C(F)(F)F)c1)C(=O)Nc1cc(C)c(NC(=O)C(N=Nc2ccc(Cl)c(C(=O)Nc3cc(Cl)ccc3C(F)(F)F)c2)C(C)=O)c(C)c1. The summed E-state index contributed by atoms with van der Waals surface area (Å²) in [4.78, 5) is 78.0. The highest BCUT2D eigenvalue weighted by atomic mass is 35.5. The Balaban J connectivity index is 1.28. The van der Waals surface area contributed by atoms with Gasteiger partial charge in [0.1, 0.15) is 0 Å². The smallest absolute Gasteiger partial charge is 0.324 e. The van der Waals surface area contributed by atoms with E-state index in [0.29, 0.717) is 23.3 Å². The maximum absolute atomic E-state index is 13.6. The van der Waals surface area contributed by atoms with E-state index in [1.165, 1.54) is 36.4 Å². The van der Waals surface area contributed by atoms with Crippen molar-refractivity contribution in [3.05, 3.63) is 138 Å². The molecule has 4 amide bonds. The normalized spacial score (nSPS) is 12.7. The fraction of sp³-hybridized carbons (Fsp3) is 0.182. The van der Waals surface area contributed by atoms with Crippen LogP contribution in [0.4, 0.5) is 60.5 Å². The van der Waals surface area contributed by atoms with Crippen molar-refractivity contribution < 1.29 is 55.1 Å². The molecule has 2 unspecified atom stereocenters. The van der Waals surface area contributed by atoms with Crippen LogP contribution in [-0.2, 0) is 31.5 Å². The van der Waals surface area contributed by atoms with Gasteiger partial charge in [-0.2, -0.15) is 46.8 Å². The number of carbonyl (C=O) groups is 6. The lowest BCUT2D eigenvalue weighted by molar-refractivity contribution is -0.137. The molecule has 5 aromatic rings. The molecule has 0 aliphatic rings. The summed E-state index contributed by atoms with van der Waals surface area (Å²) in [6.07, 6.45) is -9.66. The lowest BCUT2D eigenvalue weighted by Crippen LogP contribution is -2.33. The number of amides is 4. The van der Waals surface area contributed by atoms with Crippen molar-refractivity contribution >= 4 is 116 Å². The van der Waals surface area contributed by atoms with Gasteiger partial charge in [-0.25, -0.2) is 0 Å². The second-order valence-electron chi connectivity index (χ2n) is 14.5. The molecule has 4 N–H and O–H groups in total. The molecule has 0 aliphatic heterocycles. The number of carbonyl (C=O) groups excluding carboxylic acids is 6. The second kappa shape index (κ2) is 21.5. The Morgan fingerprint density at radius 1 is 0.515 bits per heavy atom. The third-order valence-corrected chi connectivity index (χ3v) is 10.5. The third-order valence-electron chi connectivity index (χ3n) is 9.35. The number of alkyl halides is 6. The van der Waals surface area contributed by atoms with E-state index in [1.54, 1.807) is 13.8 Å². The van der Waals surface area contributed by atoms with E-state index in [-0.39, 0.29) is 54.0 Å². The fourth-order valence-electron chi connectivity index (χ4n) is 6.13. The predicted molar refractivity (Wildman–Crippen MR) is 243 cm³/mol. The highest BCUT2D eigenvalue weighted by molar-refractivity contribution is 6.35. The number of nitrogens with zero attached hydrogens (tertiary/aromatic N) is 4. The standard InChI is InChI=1S/C44H32Cl4F6N8O6/c1-19-13-27(55-41(67)37(21(3)63)61-59-25-7-11-32(47)28(17-25)39(65)56-34-15-23(45)5-9-30(34)43(49,50)51)14-20(2)36(19)58-42(68)38(22(4)64)62-60-26-8-12-33(48)29(18-26)40(66)57-35-16-24(46)6-10-31(35)44(52,53)54/h5-18,37-38H,1-4H3,(H,55,67)(H,56,65)(H,57,66)(H,58,68). The summed E-state index contributed by atoms with van der Waals surface area (Å²) in [6, 6.07) is 11.7. The minimum absolute atomic E-state index is 0.0851. The van der Waals surface area contributed by atoms with Gasteiger partial charge in [0.25, 0.3) is 23.6 Å². The number of ketones is 2. The number of aryl methyl sites for hydroxylation is 2. The topological polar surface area (TPSA) is 200 Å². The number of rotatable bonds is 14. The number of hydrogen-bond acceptors (Lipinski definition) is 10. The molecule has 2 atom stereocenters. The van der Waals surface area contributed by atoms with Gasteiger partial charge >= 0.3 is 12.4 Å². The molecule has 5 aromatic carbocycles. The number of halogens is 10. The van der Waals surface area contributed by atoms with Crippen LogP contribution in [0.5, 0.6) is 0 Å². The Bertz CT molecular complexity index is 2910. The highest BCUT2D eigenvalue weighted by Gasteiger charge is 2.36. The zero-order chi connectivity index (χ0) is 50.4. The van der Waals surface area contributed by atoms with E-state index < -0.39 is 82.1 Å². The fourth-order valence-corrected chi connectivity index (χ4v) is 6.88. The number of benzene rings is 5. The Kier molecular flexibility index (Phi) is 16.5. The summed E-state index contributed by atoms with van der Waals surface area (Å²) in [6.45, 7) is 5.23. The Labute approximate surface area is 401 Å². The number of anilines is 4. The molecule has 0 fully saturated rings. The quantitative estimate of drug-likeness (QED) is 0.0484. The van der Waals surface area contributed by atoms with E-state index >= 15 is 0 Å². The highest BCUT2D eigenvalue weighted by Crippen LogP contribution is 2.38. The Morgan fingerprint density at radius 3 is 1.26 bits per heavy atom. The van der Waals surface area contributed by atoms with Crippen LogP contribution in [0.2, 0.25) is 20.1 Å². The lowest BCUT2D eigenvalue weighted by atomic mass is 10.1. The van der Waals surface area contributed by atoms with Gasteiger partial charge in [0, 0.05) is 21.4 Å². The van der Waals surface area contributed by atoms with Crippen molar-refractivity contribution in [2.75, 3.05) is 21.3 Å². The van der Waals surface area contributed by atoms with Gasteiger partial charge in [0.15, 0.2) is 11.6 Å². The van der Waals surface area contributed by atoms with E-state index in [1.807, 2.05) is 0 Å². The van der Waals surface area contributed by atoms with Crippen LogP contribution in [0.25, 0.3) is 0 Å². The monoisotopic (exact) mass is 1020 g/mol. The number of hydrogen-bond donors (Lipinski definition) is 4. The van der Waals surface area contributed by atoms with Crippen LogP contribution in [0.15, 0.2) is 105 Å². The molecule has 354 valence electrons. The average molecular weight is 1020 g/mol. The van der Waals surface area contributed by atoms with Crippen molar-refractivity contribution in [1.82, 2.24) is 0 Å². The van der Waals surface area contributed by atoms with Crippen LogP contribution >= 0.6 is 46.4 Å². The average Bonchev–Trinajstić information content (AvgIpc) is 3.22. The van der Waals surface area contributed by atoms with Gasteiger partial charge in [-0.05, 0) is 124 Å². The van der Waals surface area contributed by atoms with Crippen LogP contribution in [0.3, 0.4) is 0 Å². The van der Waals surface area contributed by atoms with Gasteiger partial charge < -0.3 is 21.3 Å². The molecule has 0 saturated heterocycles. The summed E-state index contributed by atoms with van der Waals surface area (Å²) >= 11 is 24.1. The minimum atomic E-state index is -4.83. The van der Waals surface area contributed by atoms with Crippen molar-refractivity contribution in [1.29, 1.82) is 0 Å². The molecule has 0 aliphatic carbocycles. The summed E-state index contributed by atoms with van der Waals surface area (Å²) in [5, 5.41) is 24.3. The van der Waals surface area contributed by atoms with E-state index in [9.17, 15) is 55.1 Å². The molecule has 0 bridgehead atoms. The Morgan fingerprint density at radius 2 is 0.897 bits per heavy atom. The van der Waals surface area contributed by atoms with Gasteiger partial charge in [-0.3, -0.25) is 28.8 Å². The molecule has 0 aromatic heterocycles. The largest absolute Gasteiger partial charge is 0.418 e. The molecule has 14 nitrogen and oxygen atoms in total. The lowest BCUT2D eigenvalue weighted by Gasteiger charge is -2.17. The molecular formula is C44H32Cl4F6N8O6. The predicted octanol–water partition coefficient (Wildman–Crippen LogP) is 12.8. The first kappa shape index (κ1) is 52.2. The number of azo groups is 2. The van der Waals surface area contributed by atoms with Gasteiger partial charge in [-0.1, -0.05) is 46.4 Å². The molecule has 0 saturated carbocycles. The van der Waals surface area contributed by atoms with Crippen molar-refractivity contribution in [2.45, 2.75) is 52.1 Å². The maximum atomic E-state index is 13.6. The van der Waals surface area contributed by atoms with Crippen molar-refractivity contribution in [3.8, 4) is 0 Å². The first-order chi connectivity index (χ1) is 31.7. The van der Waals surface area contributed by atoms with Gasteiger partial charge in [0.05, 0.1) is 55.0 Å². The van der Waals surface area contributed by atoms with E-state index in [4.69, 9.17) is 46.4 Å². The van der Waals surface area contributed by atoms with E-state index in [2.05, 4.69) is 41.7 Å². The summed E-state index contributed by atoms with van der Waals surface area (Å²) < 4.78 is 81.5. The molecule has 0 radical (unpaired) electrons. The zero-order valence-electron chi connectivity index (χ0n) is 35.3. The van der Waals surface area contributed by atoms with Crippen LogP contribution in [-0.4, -0.2) is 47.3 Å². The van der Waals surface area contributed by atoms with Crippen LogP contribution in [0.1, 0.15) is 56.8 Å². The van der Waals surface area contributed by atoms with Crippen molar-refractivity contribution in [2.24, 2.45) is 20.5 Å². The van der Waals surface area contributed by atoms with Crippen LogP contribution < -0.4 is 21.3 Å². The zero-order valence-corrected chi connectivity index (χ0v) is 38.3. The first-order valence-corrected chi connectivity index (χ1v) is 20.8. The third kappa shape index (κ3) is 13.2. The summed E-state index contributed by atoms with van der Waals surface area (Å²) in [7, 11) is 0. The summed E-state index contributed by atoms with van der Waals surface area (Å²) in [5.41, 5.74) is -3.38. The van der Waals surface area contributed by atoms with Gasteiger partial charge in [-0.15, -0.1) is 0 Å². The molecule has 5 rings (SSSR count). The number of nitrogens with one attached hydrogen (secondary N) is 4. The minimum Gasteiger partial charge on any atom is -0.324 e. The molecule has 24 heteroatoms. The molecular weight excluding hydrogens is 992 g/mol.